The highest BCUT2D eigenvalue weighted by molar-refractivity contribution is 5.97. The van der Waals surface area contributed by atoms with E-state index >= 15 is 0 Å². The monoisotopic (exact) mass is 272 g/mol. The number of nitrogens with zero attached hydrogens (tertiary/aromatic N) is 4. The average molecular weight is 272 g/mol. The Morgan fingerprint density at radius 2 is 2.20 bits per heavy atom. The van der Waals surface area contributed by atoms with Crippen LogP contribution in [0.1, 0.15) is 10.4 Å². The predicted octanol–water partition coefficient (Wildman–Crippen LogP) is 0.364. The fourth-order valence-electron chi connectivity index (χ4n) is 2.13. The van der Waals surface area contributed by atoms with Crippen LogP contribution < -0.4 is 5.32 Å². The van der Waals surface area contributed by atoms with Gasteiger partial charge in [-0.15, -0.1) is 0 Å². The third kappa shape index (κ3) is 2.56. The number of nitrogens with one attached hydrogen (secondary N) is 2. The fraction of sp³-hybridized carbons (Fsp3) is 0.308. The molecule has 104 valence electrons. The summed E-state index contributed by atoms with van der Waals surface area (Å²) in [5.41, 5.74) is 2.05. The molecule has 0 unspecified atom stereocenters. The summed E-state index contributed by atoms with van der Waals surface area (Å²) in [7, 11) is 2.02. The van der Waals surface area contributed by atoms with Crippen molar-refractivity contribution >= 4 is 16.9 Å². The Kier molecular flexibility index (Phi) is 3.24. The van der Waals surface area contributed by atoms with Gasteiger partial charge in [0.25, 0.3) is 5.91 Å². The molecule has 0 bridgehead atoms. The van der Waals surface area contributed by atoms with Crippen molar-refractivity contribution in [2.75, 3.05) is 26.8 Å². The Hall–Kier alpha value is -2.57. The van der Waals surface area contributed by atoms with Crippen molar-refractivity contribution in [2.24, 2.45) is 0 Å². The molecule has 0 saturated heterocycles. The first-order chi connectivity index (χ1) is 9.72. The Labute approximate surface area is 116 Å². The number of hydrogen-bond acceptors (Lipinski definition) is 5. The minimum Gasteiger partial charge on any atom is -0.362 e. The van der Waals surface area contributed by atoms with Gasteiger partial charge in [-0.3, -0.25) is 4.79 Å². The summed E-state index contributed by atoms with van der Waals surface area (Å²) in [6.45, 7) is 2.26. The van der Waals surface area contributed by atoms with Gasteiger partial charge in [0.05, 0.1) is 6.67 Å². The lowest BCUT2D eigenvalue weighted by Crippen LogP contribution is -2.33. The molecule has 2 heterocycles. The smallest absolute Gasteiger partial charge is 0.251 e. The van der Waals surface area contributed by atoms with Gasteiger partial charge >= 0.3 is 0 Å². The van der Waals surface area contributed by atoms with E-state index < -0.39 is 0 Å². The lowest BCUT2D eigenvalue weighted by molar-refractivity contribution is 0.0950. The quantitative estimate of drug-likeness (QED) is 0.840. The molecule has 1 aliphatic heterocycles. The van der Waals surface area contributed by atoms with E-state index in [1.165, 1.54) is 0 Å². The van der Waals surface area contributed by atoms with E-state index in [1.807, 2.05) is 19.4 Å². The largest absolute Gasteiger partial charge is 0.362 e. The van der Waals surface area contributed by atoms with Crippen LogP contribution in [0.15, 0.2) is 30.6 Å². The van der Waals surface area contributed by atoms with E-state index in [-0.39, 0.29) is 5.91 Å². The molecule has 1 aliphatic rings. The zero-order valence-corrected chi connectivity index (χ0v) is 11.2. The van der Waals surface area contributed by atoms with Crippen LogP contribution in [0, 0.1) is 0 Å². The average Bonchev–Trinajstić information content (AvgIpc) is 3.06. The molecule has 0 fully saturated rings. The zero-order valence-electron chi connectivity index (χ0n) is 11.2. The molecule has 0 atom stereocenters. The molecule has 0 radical (unpaired) electrons. The molecule has 3 rings (SSSR count). The minimum absolute atomic E-state index is 0.0913. The van der Waals surface area contributed by atoms with Gasteiger partial charge in [-0.1, -0.05) is 0 Å². The number of fused-ring (bicyclic) bond motifs is 1. The summed E-state index contributed by atoms with van der Waals surface area (Å²) < 4.78 is 0. The van der Waals surface area contributed by atoms with Gasteiger partial charge in [0.15, 0.2) is 0 Å². The van der Waals surface area contributed by atoms with Crippen LogP contribution in [0.25, 0.3) is 11.0 Å². The van der Waals surface area contributed by atoms with Crippen molar-refractivity contribution in [3.05, 3.63) is 36.2 Å². The molecule has 20 heavy (non-hydrogen) atoms. The lowest BCUT2D eigenvalue weighted by atomic mass is 10.2. The molecule has 1 aromatic carbocycles. The highest BCUT2D eigenvalue weighted by Gasteiger charge is 2.10. The highest BCUT2D eigenvalue weighted by Crippen LogP contribution is 2.10. The van der Waals surface area contributed by atoms with E-state index in [0.29, 0.717) is 17.6 Å². The molecule has 7 heteroatoms. The predicted molar refractivity (Wildman–Crippen MR) is 74.7 cm³/mol. The van der Waals surface area contributed by atoms with Gasteiger partial charge < -0.3 is 15.1 Å². The van der Waals surface area contributed by atoms with Crippen molar-refractivity contribution in [3.63, 3.8) is 0 Å². The van der Waals surface area contributed by atoms with Crippen molar-refractivity contribution in [1.29, 1.82) is 0 Å². The third-order valence-corrected chi connectivity index (χ3v) is 3.20. The topological polar surface area (TPSA) is 77.1 Å². The first-order valence-corrected chi connectivity index (χ1v) is 6.44. The maximum absolute atomic E-state index is 12.0. The number of carbonyl (C=O) groups excluding carboxylic acids is 1. The second-order valence-electron chi connectivity index (χ2n) is 4.79. The second-order valence-corrected chi connectivity index (χ2v) is 4.79. The van der Waals surface area contributed by atoms with Gasteiger partial charge in [-0.2, -0.15) is 15.4 Å². The highest BCUT2D eigenvalue weighted by atomic mass is 16.1. The molecule has 1 aromatic heterocycles. The van der Waals surface area contributed by atoms with Crippen LogP contribution in [-0.2, 0) is 0 Å². The van der Waals surface area contributed by atoms with Crippen LogP contribution >= 0.6 is 0 Å². The normalized spacial score (nSPS) is 14.2. The fourth-order valence-corrected chi connectivity index (χ4v) is 2.13. The molecule has 0 spiro atoms. The van der Waals surface area contributed by atoms with Crippen LogP contribution in [0.3, 0.4) is 0 Å². The van der Waals surface area contributed by atoms with Gasteiger partial charge in [0.2, 0.25) is 0 Å². The van der Waals surface area contributed by atoms with Crippen LogP contribution in [0.4, 0.5) is 0 Å². The number of aromatic amines is 1. The van der Waals surface area contributed by atoms with E-state index in [2.05, 4.69) is 30.5 Å². The molecule has 1 amide bonds. The number of carbonyl (C=O) groups is 1. The number of hydrogen-bond donors (Lipinski definition) is 2. The molecule has 7 nitrogen and oxygen atoms in total. The molecular formula is C13H16N6O. The standard InChI is InChI=1S/C13H16N6O/c1-18-6-7-19(9-18)5-4-14-13(20)10-2-3-11-12(8-10)16-17-15-11/h2-3,6-8H,4-5,9H2,1H3,(H,14,20)(H,15,16,17). The Balaban J connectivity index is 1.54. The van der Waals surface area contributed by atoms with Crippen molar-refractivity contribution in [2.45, 2.75) is 0 Å². The number of aromatic nitrogens is 3. The molecule has 2 N–H and O–H groups in total. The van der Waals surface area contributed by atoms with Gasteiger partial charge in [-0.25, -0.2) is 0 Å². The van der Waals surface area contributed by atoms with E-state index in [1.54, 1.807) is 18.2 Å². The van der Waals surface area contributed by atoms with Crippen molar-refractivity contribution in [3.8, 4) is 0 Å². The summed E-state index contributed by atoms with van der Waals surface area (Å²) >= 11 is 0. The Morgan fingerprint density at radius 3 is 3.00 bits per heavy atom. The van der Waals surface area contributed by atoms with Crippen LogP contribution in [-0.4, -0.2) is 57.9 Å². The number of rotatable bonds is 4. The maximum Gasteiger partial charge on any atom is 0.251 e. The van der Waals surface area contributed by atoms with E-state index in [4.69, 9.17) is 0 Å². The lowest BCUT2D eigenvalue weighted by Gasteiger charge is -2.18. The van der Waals surface area contributed by atoms with E-state index in [9.17, 15) is 4.79 Å². The molecule has 0 aliphatic carbocycles. The number of benzene rings is 1. The maximum atomic E-state index is 12.0. The van der Waals surface area contributed by atoms with Crippen LogP contribution in [0.2, 0.25) is 0 Å². The Morgan fingerprint density at radius 1 is 1.35 bits per heavy atom. The third-order valence-electron chi connectivity index (χ3n) is 3.20. The van der Waals surface area contributed by atoms with Gasteiger partial charge in [0.1, 0.15) is 11.0 Å². The van der Waals surface area contributed by atoms with E-state index in [0.717, 1.165) is 18.7 Å². The summed E-state index contributed by atoms with van der Waals surface area (Å²) in [4.78, 5) is 16.3. The molecule has 2 aromatic rings. The molecular weight excluding hydrogens is 256 g/mol. The minimum atomic E-state index is -0.0913. The first-order valence-electron chi connectivity index (χ1n) is 6.44. The second kappa shape index (κ2) is 5.20. The molecule has 0 saturated carbocycles. The first kappa shape index (κ1) is 12.5. The van der Waals surface area contributed by atoms with Gasteiger partial charge in [-0.05, 0) is 18.2 Å². The number of H-pyrrole nitrogens is 1. The van der Waals surface area contributed by atoms with Crippen molar-refractivity contribution < 1.29 is 4.79 Å². The van der Waals surface area contributed by atoms with Crippen molar-refractivity contribution in [1.82, 2.24) is 30.5 Å². The van der Waals surface area contributed by atoms with Gasteiger partial charge in [0, 0.05) is 38.1 Å². The summed E-state index contributed by atoms with van der Waals surface area (Å²) in [6, 6.07) is 5.27. The summed E-state index contributed by atoms with van der Waals surface area (Å²) in [5, 5.41) is 13.4. The SMILES string of the molecule is CN1C=CN(CCNC(=O)c2ccc3n[nH]nc3c2)C1. The Bertz CT molecular complexity index is 649. The number of amides is 1. The summed E-state index contributed by atoms with van der Waals surface area (Å²) in [6.07, 6.45) is 4.04. The summed E-state index contributed by atoms with van der Waals surface area (Å²) in [5.74, 6) is -0.0913. The van der Waals surface area contributed by atoms with Crippen LogP contribution in [0.5, 0.6) is 0 Å². The zero-order chi connectivity index (χ0) is 13.9.